The molecule has 1 aromatic carbocycles. The zero-order valence-electron chi connectivity index (χ0n) is 13.9. The van der Waals surface area contributed by atoms with Crippen molar-refractivity contribution in [1.82, 2.24) is 15.2 Å². The minimum absolute atomic E-state index is 0.00120. The molecule has 1 saturated heterocycles. The number of oxazole rings is 1. The molecule has 1 aliphatic heterocycles. The minimum atomic E-state index is -0.00120. The Morgan fingerprint density at radius 2 is 2.21 bits per heavy atom. The first-order valence-corrected chi connectivity index (χ1v) is 8.29. The fraction of sp³-hybridized carbons (Fsp3) is 0.444. The van der Waals surface area contributed by atoms with Gasteiger partial charge in [-0.1, -0.05) is 18.2 Å². The van der Waals surface area contributed by atoms with Crippen LogP contribution >= 0.6 is 0 Å². The molecule has 0 spiro atoms. The number of ether oxygens (including phenoxy) is 1. The third kappa shape index (κ3) is 4.66. The average molecular weight is 329 g/mol. The number of hydrogen-bond acceptors (Lipinski definition) is 5. The number of rotatable bonds is 6. The Labute approximate surface area is 141 Å². The largest absolute Gasteiger partial charge is 0.444 e. The molecule has 1 atom stereocenters. The molecule has 128 valence electrons. The van der Waals surface area contributed by atoms with E-state index in [2.05, 4.69) is 15.2 Å². The van der Waals surface area contributed by atoms with Crippen LogP contribution in [0.25, 0.3) is 11.5 Å². The fourth-order valence-electron chi connectivity index (χ4n) is 2.83. The van der Waals surface area contributed by atoms with Gasteiger partial charge in [0.05, 0.1) is 18.4 Å². The van der Waals surface area contributed by atoms with Crippen LogP contribution in [0.3, 0.4) is 0 Å². The monoisotopic (exact) mass is 329 g/mol. The van der Waals surface area contributed by atoms with Gasteiger partial charge in [0.15, 0.2) is 0 Å². The van der Waals surface area contributed by atoms with Crippen LogP contribution in [0.4, 0.5) is 0 Å². The lowest BCUT2D eigenvalue weighted by Crippen LogP contribution is -2.43. The number of aromatic nitrogens is 1. The lowest BCUT2D eigenvalue weighted by atomic mass is 10.2. The van der Waals surface area contributed by atoms with E-state index in [1.165, 1.54) is 6.92 Å². The maximum atomic E-state index is 10.9. The fourth-order valence-corrected chi connectivity index (χ4v) is 2.83. The predicted octanol–water partition coefficient (Wildman–Crippen LogP) is 2.07. The molecule has 1 fully saturated rings. The Morgan fingerprint density at radius 3 is 3.00 bits per heavy atom. The molecule has 0 radical (unpaired) electrons. The highest BCUT2D eigenvalue weighted by atomic mass is 16.5. The summed E-state index contributed by atoms with van der Waals surface area (Å²) in [7, 11) is 0. The van der Waals surface area contributed by atoms with Crippen molar-refractivity contribution >= 4 is 5.91 Å². The van der Waals surface area contributed by atoms with Crippen LogP contribution in [0, 0.1) is 0 Å². The molecular weight excluding hydrogens is 306 g/mol. The normalized spacial score (nSPS) is 18.5. The Balaban J connectivity index is 1.52. The van der Waals surface area contributed by atoms with Gasteiger partial charge in [0, 0.05) is 38.7 Å². The van der Waals surface area contributed by atoms with E-state index in [0.29, 0.717) is 19.0 Å². The molecule has 0 saturated carbocycles. The molecule has 2 heterocycles. The summed E-state index contributed by atoms with van der Waals surface area (Å²) in [6, 6.07) is 9.90. The second-order valence-corrected chi connectivity index (χ2v) is 6.01. The maximum Gasteiger partial charge on any atom is 0.226 e. The van der Waals surface area contributed by atoms with E-state index in [1.54, 1.807) is 6.26 Å². The number of morpholine rings is 1. The van der Waals surface area contributed by atoms with Crippen molar-refractivity contribution in [3.8, 4) is 11.5 Å². The van der Waals surface area contributed by atoms with Gasteiger partial charge in [-0.05, 0) is 18.6 Å². The zero-order chi connectivity index (χ0) is 16.8. The van der Waals surface area contributed by atoms with Crippen molar-refractivity contribution in [1.29, 1.82) is 0 Å². The maximum absolute atomic E-state index is 10.9. The average Bonchev–Trinajstić information content (AvgIpc) is 3.04. The lowest BCUT2D eigenvalue weighted by Gasteiger charge is -2.32. The smallest absolute Gasteiger partial charge is 0.226 e. The Hall–Kier alpha value is -2.18. The summed E-state index contributed by atoms with van der Waals surface area (Å²) in [6.45, 7) is 5.35. The van der Waals surface area contributed by atoms with Crippen molar-refractivity contribution in [2.75, 3.05) is 26.2 Å². The van der Waals surface area contributed by atoms with E-state index in [4.69, 9.17) is 9.15 Å². The molecule has 6 nitrogen and oxygen atoms in total. The third-order valence-electron chi connectivity index (χ3n) is 4.02. The van der Waals surface area contributed by atoms with Gasteiger partial charge >= 0.3 is 0 Å². The van der Waals surface area contributed by atoms with Crippen molar-refractivity contribution in [2.45, 2.75) is 26.0 Å². The number of nitrogens with one attached hydrogen (secondary N) is 1. The minimum Gasteiger partial charge on any atom is -0.444 e. The van der Waals surface area contributed by atoms with Gasteiger partial charge in [0.25, 0.3) is 0 Å². The molecule has 1 aliphatic rings. The van der Waals surface area contributed by atoms with Crippen LogP contribution in [-0.2, 0) is 16.1 Å². The van der Waals surface area contributed by atoms with Crippen molar-refractivity contribution in [3.63, 3.8) is 0 Å². The topological polar surface area (TPSA) is 67.6 Å². The van der Waals surface area contributed by atoms with Crippen LogP contribution in [0.1, 0.15) is 19.0 Å². The van der Waals surface area contributed by atoms with Gasteiger partial charge in [-0.2, -0.15) is 0 Å². The predicted molar refractivity (Wildman–Crippen MR) is 90.3 cm³/mol. The number of carbonyl (C=O) groups is 1. The Kier molecular flexibility index (Phi) is 5.61. The zero-order valence-corrected chi connectivity index (χ0v) is 13.9. The standard InChI is InChI=1S/C18H23N3O3/c1-14(22)19-8-7-17-12-21(9-10-23-17)11-16-13-24-18(20-16)15-5-3-2-4-6-15/h2-6,13,17H,7-12H2,1H3,(H,19,22)/t17-/m1/s1. The molecule has 3 rings (SSSR count). The van der Waals surface area contributed by atoms with Gasteiger partial charge in [0.2, 0.25) is 11.8 Å². The summed E-state index contributed by atoms with van der Waals surface area (Å²) < 4.78 is 11.4. The molecule has 0 unspecified atom stereocenters. The molecule has 1 N–H and O–H groups in total. The summed E-state index contributed by atoms with van der Waals surface area (Å²) in [5, 5.41) is 2.81. The molecule has 1 amide bonds. The SMILES string of the molecule is CC(=O)NCC[C@@H]1CN(Cc2coc(-c3ccccc3)n2)CCO1. The number of hydrogen-bond donors (Lipinski definition) is 1. The van der Waals surface area contributed by atoms with E-state index < -0.39 is 0 Å². The molecule has 0 bridgehead atoms. The van der Waals surface area contributed by atoms with E-state index in [9.17, 15) is 4.79 Å². The van der Waals surface area contributed by atoms with Crippen LogP contribution in [0.2, 0.25) is 0 Å². The van der Waals surface area contributed by atoms with Crippen molar-refractivity contribution < 1.29 is 13.9 Å². The van der Waals surface area contributed by atoms with Crippen LogP contribution in [0.5, 0.6) is 0 Å². The third-order valence-corrected chi connectivity index (χ3v) is 4.02. The van der Waals surface area contributed by atoms with Gasteiger partial charge in [0.1, 0.15) is 6.26 Å². The number of amides is 1. The van der Waals surface area contributed by atoms with Gasteiger partial charge in [-0.25, -0.2) is 4.98 Å². The van der Waals surface area contributed by atoms with Gasteiger partial charge in [-0.15, -0.1) is 0 Å². The van der Waals surface area contributed by atoms with Crippen molar-refractivity contribution in [3.05, 3.63) is 42.3 Å². The van der Waals surface area contributed by atoms with Crippen LogP contribution in [-0.4, -0.2) is 48.1 Å². The second-order valence-electron chi connectivity index (χ2n) is 6.01. The van der Waals surface area contributed by atoms with E-state index in [0.717, 1.165) is 37.3 Å². The number of nitrogens with zero attached hydrogens (tertiary/aromatic N) is 2. The first kappa shape index (κ1) is 16.7. The molecule has 24 heavy (non-hydrogen) atoms. The summed E-state index contributed by atoms with van der Waals surface area (Å²) in [6.07, 6.45) is 2.69. The van der Waals surface area contributed by atoms with Crippen LogP contribution in [0.15, 0.2) is 41.0 Å². The van der Waals surface area contributed by atoms with E-state index in [-0.39, 0.29) is 12.0 Å². The summed E-state index contributed by atoms with van der Waals surface area (Å²) >= 11 is 0. The van der Waals surface area contributed by atoms with Crippen molar-refractivity contribution in [2.24, 2.45) is 0 Å². The lowest BCUT2D eigenvalue weighted by molar-refractivity contribution is -0.119. The first-order chi connectivity index (χ1) is 11.7. The quantitative estimate of drug-likeness (QED) is 0.879. The number of benzene rings is 1. The summed E-state index contributed by atoms with van der Waals surface area (Å²) in [5.74, 6) is 0.653. The molecular formula is C18H23N3O3. The Morgan fingerprint density at radius 1 is 1.38 bits per heavy atom. The molecule has 1 aromatic heterocycles. The number of carbonyl (C=O) groups excluding carboxylic acids is 1. The highest BCUT2D eigenvalue weighted by Crippen LogP contribution is 2.19. The molecule has 0 aliphatic carbocycles. The highest BCUT2D eigenvalue weighted by Gasteiger charge is 2.21. The van der Waals surface area contributed by atoms with E-state index >= 15 is 0 Å². The van der Waals surface area contributed by atoms with Crippen LogP contribution < -0.4 is 5.32 Å². The first-order valence-electron chi connectivity index (χ1n) is 8.29. The van der Waals surface area contributed by atoms with Gasteiger partial charge in [-0.3, -0.25) is 9.69 Å². The molecule has 6 heteroatoms. The molecule has 2 aromatic rings. The van der Waals surface area contributed by atoms with Gasteiger partial charge < -0.3 is 14.5 Å². The summed E-state index contributed by atoms with van der Waals surface area (Å²) in [5.41, 5.74) is 1.91. The summed E-state index contributed by atoms with van der Waals surface area (Å²) in [4.78, 5) is 17.8. The van der Waals surface area contributed by atoms with E-state index in [1.807, 2.05) is 30.3 Å². The second kappa shape index (κ2) is 8.08. The highest BCUT2D eigenvalue weighted by molar-refractivity contribution is 5.72. The Bertz CT molecular complexity index is 657.